The first-order chi connectivity index (χ1) is 10.1. The van der Waals surface area contributed by atoms with Crippen LogP contribution in [0.2, 0.25) is 5.02 Å². The van der Waals surface area contributed by atoms with E-state index in [0.29, 0.717) is 16.0 Å². The summed E-state index contributed by atoms with van der Waals surface area (Å²) in [6, 6.07) is 11.4. The fraction of sp³-hybridized carbons (Fsp3) is 0. The van der Waals surface area contributed by atoms with Crippen molar-refractivity contribution in [3.8, 4) is 0 Å². The van der Waals surface area contributed by atoms with Gasteiger partial charge in [-0.3, -0.25) is 4.79 Å². The van der Waals surface area contributed by atoms with Crippen LogP contribution in [0.25, 0.3) is 10.9 Å². The molecule has 0 saturated carbocycles. The van der Waals surface area contributed by atoms with Gasteiger partial charge in [-0.25, -0.2) is 4.79 Å². The molecule has 0 fully saturated rings. The number of aromatic amines is 1. The van der Waals surface area contributed by atoms with E-state index in [1.165, 1.54) is 12.1 Å². The fourth-order valence-corrected chi connectivity index (χ4v) is 2.61. The predicted molar refractivity (Wildman–Crippen MR) is 80.1 cm³/mol. The number of nitrogens with one attached hydrogen (secondary N) is 1. The second-order valence-corrected chi connectivity index (χ2v) is 4.95. The first-order valence-corrected chi connectivity index (χ1v) is 6.60. The molecule has 0 amide bonds. The van der Waals surface area contributed by atoms with Crippen LogP contribution >= 0.6 is 11.6 Å². The summed E-state index contributed by atoms with van der Waals surface area (Å²) in [5.74, 6) is -1.50. The number of carbonyl (C=O) groups excluding carboxylic acids is 1. The molecule has 3 rings (SSSR count). The molecule has 0 radical (unpaired) electrons. The highest BCUT2D eigenvalue weighted by molar-refractivity contribution is 6.37. The molecule has 4 nitrogen and oxygen atoms in total. The predicted octanol–water partition coefficient (Wildman–Crippen LogP) is 3.75. The van der Waals surface area contributed by atoms with Crippen LogP contribution < -0.4 is 0 Å². The van der Waals surface area contributed by atoms with Gasteiger partial charge >= 0.3 is 5.97 Å². The van der Waals surface area contributed by atoms with Crippen LogP contribution in [0.4, 0.5) is 0 Å². The Bertz CT molecular complexity index is 867. The van der Waals surface area contributed by atoms with E-state index in [-0.39, 0.29) is 16.9 Å². The van der Waals surface area contributed by atoms with Gasteiger partial charge in [-0.1, -0.05) is 35.9 Å². The molecule has 0 atom stereocenters. The summed E-state index contributed by atoms with van der Waals surface area (Å²) in [5, 5.41) is 10.2. The molecule has 3 aromatic rings. The quantitative estimate of drug-likeness (QED) is 0.724. The molecule has 0 spiro atoms. The number of halogens is 1. The molecule has 0 unspecified atom stereocenters. The highest BCUT2D eigenvalue weighted by atomic mass is 35.5. The summed E-state index contributed by atoms with van der Waals surface area (Å²) >= 11 is 6.15. The van der Waals surface area contributed by atoms with Gasteiger partial charge in [-0.2, -0.15) is 0 Å². The zero-order valence-corrected chi connectivity index (χ0v) is 11.5. The molecule has 104 valence electrons. The molecule has 1 heterocycles. The molecule has 0 aliphatic rings. The van der Waals surface area contributed by atoms with E-state index in [9.17, 15) is 14.7 Å². The number of benzene rings is 2. The van der Waals surface area contributed by atoms with E-state index >= 15 is 0 Å². The summed E-state index contributed by atoms with van der Waals surface area (Å²) in [7, 11) is 0. The maximum Gasteiger partial charge on any atom is 0.336 e. The molecule has 2 N–H and O–H groups in total. The lowest BCUT2D eigenvalue weighted by Crippen LogP contribution is -2.09. The second-order valence-electron chi connectivity index (χ2n) is 4.54. The number of aromatic nitrogens is 1. The number of hydrogen-bond acceptors (Lipinski definition) is 2. The number of carboxylic acid groups (broad SMARTS) is 1. The van der Waals surface area contributed by atoms with Gasteiger partial charge in [0.25, 0.3) is 0 Å². The Hall–Kier alpha value is -2.59. The summed E-state index contributed by atoms with van der Waals surface area (Å²) in [6.07, 6.45) is 1.55. The SMILES string of the molecule is O=C(O)c1ccccc1C(=O)c1c[nH]c2cccc(Cl)c12. The van der Waals surface area contributed by atoms with Crippen molar-refractivity contribution in [1.82, 2.24) is 4.98 Å². The van der Waals surface area contributed by atoms with Crippen LogP contribution in [0.15, 0.2) is 48.7 Å². The summed E-state index contributed by atoms with van der Waals surface area (Å²) in [5.41, 5.74) is 1.22. The van der Waals surface area contributed by atoms with Crippen molar-refractivity contribution in [3.05, 3.63) is 70.4 Å². The van der Waals surface area contributed by atoms with Crippen LogP contribution in [0, 0.1) is 0 Å². The Labute approximate surface area is 125 Å². The molecule has 0 saturated heterocycles. The molecule has 21 heavy (non-hydrogen) atoms. The smallest absolute Gasteiger partial charge is 0.336 e. The third-order valence-electron chi connectivity index (χ3n) is 3.30. The zero-order valence-electron chi connectivity index (χ0n) is 10.8. The summed E-state index contributed by atoms with van der Waals surface area (Å²) in [4.78, 5) is 26.9. The van der Waals surface area contributed by atoms with Crippen molar-refractivity contribution in [2.24, 2.45) is 0 Å². The van der Waals surface area contributed by atoms with Crippen molar-refractivity contribution >= 4 is 34.3 Å². The van der Waals surface area contributed by atoms with Crippen molar-refractivity contribution in [3.63, 3.8) is 0 Å². The Morgan fingerprint density at radius 2 is 1.67 bits per heavy atom. The average molecular weight is 300 g/mol. The van der Waals surface area contributed by atoms with Gasteiger partial charge in [0.1, 0.15) is 0 Å². The van der Waals surface area contributed by atoms with Crippen molar-refractivity contribution in [2.75, 3.05) is 0 Å². The lowest BCUT2D eigenvalue weighted by Gasteiger charge is -2.04. The highest BCUT2D eigenvalue weighted by Gasteiger charge is 2.21. The standard InChI is InChI=1S/C16H10ClNO3/c17-12-6-3-7-13-14(12)11(8-18-13)15(19)9-4-1-2-5-10(9)16(20)21/h1-8,18H,(H,20,21). The monoisotopic (exact) mass is 299 g/mol. The Kier molecular flexibility index (Phi) is 3.23. The van der Waals surface area contributed by atoms with E-state index < -0.39 is 5.97 Å². The third kappa shape index (κ3) is 2.19. The lowest BCUT2D eigenvalue weighted by molar-refractivity contribution is 0.0693. The van der Waals surface area contributed by atoms with E-state index in [1.807, 2.05) is 0 Å². The Morgan fingerprint density at radius 3 is 2.38 bits per heavy atom. The van der Waals surface area contributed by atoms with Crippen molar-refractivity contribution in [1.29, 1.82) is 0 Å². The minimum atomic E-state index is -1.13. The highest BCUT2D eigenvalue weighted by Crippen LogP contribution is 2.28. The van der Waals surface area contributed by atoms with Gasteiger partial charge < -0.3 is 10.1 Å². The number of ketones is 1. The minimum Gasteiger partial charge on any atom is -0.478 e. The summed E-state index contributed by atoms with van der Waals surface area (Å²) in [6.45, 7) is 0. The van der Waals surface area contributed by atoms with E-state index in [0.717, 1.165) is 5.52 Å². The Balaban J connectivity index is 2.20. The average Bonchev–Trinajstić information content (AvgIpc) is 2.92. The fourth-order valence-electron chi connectivity index (χ4n) is 2.33. The van der Waals surface area contributed by atoms with Crippen LogP contribution in [-0.4, -0.2) is 21.8 Å². The van der Waals surface area contributed by atoms with Gasteiger partial charge in [0.2, 0.25) is 0 Å². The Morgan fingerprint density at radius 1 is 0.952 bits per heavy atom. The lowest BCUT2D eigenvalue weighted by atomic mass is 9.98. The topological polar surface area (TPSA) is 70.2 Å². The molecule has 2 aromatic carbocycles. The minimum absolute atomic E-state index is 0.0242. The number of H-pyrrole nitrogens is 1. The van der Waals surface area contributed by atoms with Crippen LogP contribution in [-0.2, 0) is 0 Å². The molecule has 0 aliphatic carbocycles. The molecular weight excluding hydrogens is 290 g/mol. The van der Waals surface area contributed by atoms with Crippen molar-refractivity contribution in [2.45, 2.75) is 0 Å². The molecule has 0 bridgehead atoms. The van der Waals surface area contributed by atoms with Gasteiger partial charge in [0.05, 0.1) is 10.6 Å². The van der Waals surface area contributed by atoms with Gasteiger partial charge in [0.15, 0.2) is 5.78 Å². The van der Waals surface area contributed by atoms with Gasteiger partial charge in [0, 0.05) is 28.2 Å². The molecule has 0 aliphatic heterocycles. The zero-order chi connectivity index (χ0) is 15.0. The summed E-state index contributed by atoms with van der Waals surface area (Å²) < 4.78 is 0. The first kappa shape index (κ1) is 13.4. The van der Waals surface area contributed by atoms with Gasteiger partial charge in [-0.05, 0) is 18.2 Å². The van der Waals surface area contributed by atoms with E-state index in [1.54, 1.807) is 36.5 Å². The largest absolute Gasteiger partial charge is 0.478 e. The third-order valence-corrected chi connectivity index (χ3v) is 3.62. The maximum absolute atomic E-state index is 12.7. The number of aromatic carboxylic acids is 1. The van der Waals surface area contributed by atoms with Gasteiger partial charge in [-0.15, -0.1) is 0 Å². The number of hydrogen-bond donors (Lipinski definition) is 2. The second kappa shape index (κ2) is 5.07. The van der Waals surface area contributed by atoms with Crippen LogP contribution in [0.1, 0.15) is 26.3 Å². The number of carbonyl (C=O) groups is 2. The van der Waals surface area contributed by atoms with E-state index in [4.69, 9.17) is 11.6 Å². The molecular formula is C16H10ClNO3. The normalized spacial score (nSPS) is 10.7. The van der Waals surface area contributed by atoms with Crippen LogP contribution in [0.5, 0.6) is 0 Å². The number of fused-ring (bicyclic) bond motifs is 1. The molecule has 5 heteroatoms. The van der Waals surface area contributed by atoms with Crippen molar-refractivity contribution < 1.29 is 14.7 Å². The number of rotatable bonds is 3. The maximum atomic E-state index is 12.7. The number of carboxylic acids is 1. The van der Waals surface area contributed by atoms with E-state index in [2.05, 4.69) is 4.98 Å². The first-order valence-electron chi connectivity index (χ1n) is 6.22. The molecule has 1 aromatic heterocycles. The van der Waals surface area contributed by atoms with Crippen LogP contribution in [0.3, 0.4) is 0 Å².